The highest BCUT2D eigenvalue weighted by Crippen LogP contribution is 2.26. The number of hydrogen-bond acceptors (Lipinski definition) is 3. The molecule has 0 atom stereocenters. The van der Waals surface area contributed by atoms with E-state index >= 15 is 0 Å². The monoisotopic (exact) mass is 348 g/mol. The lowest BCUT2D eigenvalue weighted by molar-refractivity contribution is -0.385. The zero-order valence-electron chi connectivity index (χ0n) is 10.1. The first-order valence-corrected chi connectivity index (χ1v) is 6.86. The lowest BCUT2D eigenvalue weighted by Gasteiger charge is -2.23. The van der Waals surface area contributed by atoms with Gasteiger partial charge in [-0.1, -0.05) is 13.3 Å². The number of benzene rings is 1. The third kappa shape index (κ3) is 3.83. The SMILES string of the molecule is CCCCN(CC)c1ccc([N+](=O)[O-])c(I)c1. The number of nitro groups is 1. The molecule has 0 bridgehead atoms. The van der Waals surface area contributed by atoms with Crippen LogP contribution in [0.2, 0.25) is 0 Å². The number of halogens is 1. The Morgan fingerprint density at radius 2 is 2.12 bits per heavy atom. The second-order valence-corrected chi connectivity index (χ2v) is 4.99. The van der Waals surface area contributed by atoms with E-state index in [1.165, 1.54) is 0 Å². The largest absolute Gasteiger partial charge is 0.372 e. The van der Waals surface area contributed by atoms with Gasteiger partial charge in [0.15, 0.2) is 0 Å². The van der Waals surface area contributed by atoms with E-state index in [1.54, 1.807) is 6.07 Å². The van der Waals surface area contributed by atoms with Crippen molar-refractivity contribution < 1.29 is 4.92 Å². The first kappa shape index (κ1) is 14.2. The van der Waals surface area contributed by atoms with Gasteiger partial charge in [0.05, 0.1) is 8.49 Å². The van der Waals surface area contributed by atoms with E-state index in [1.807, 2.05) is 34.7 Å². The minimum atomic E-state index is -0.339. The fourth-order valence-corrected chi connectivity index (χ4v) is 2.36. The van der Waals surface area contributed by atoms with Crippen LogP contribution in [0, 0.1) is 13.7 Å². The molecule has 1 aromatic carbocycles. The zero-order chi connectivity index (χ0) is 12.8. The van der Waals surface area contributed by atoms with Crippen LogP contribution < -0.4 is 4.90 Å². The van der Waals surface area contributed by atoms with Gasteiger partial charge in [-0.2, -0.15) is 0 Å². The molecule has 0 aromatic heterocycles. The van der Waals surface area contributed by atoms with Crippen molar-refractivity contribution in [1.29, 1.82) is 0 Å². The molecule has 0 N–H and O–H groups in total. The molecule has 1 rings (SSSR count). The maximum absolute atomic E-state index is 10.7. The topological polar surface area (TPSA) is 46.4 Å². The summed E-state index contributed by atoms with van der Waals surface area (Å²) in [6.45, 7) is 6.19. The zero-order valence-corrected chi connectivity index (χ0v) is 12.3. The molecule has 0 fully saturated rings. The van der Waals surface area contributed by atoms with Crippen LogP contribution in [-0.2, 0) is 0 Å². The molecule has 94 valence electrons. The summed E-state index contributed by atoms with van der Waals surface area (Å²) in [5.41, 5.74) is 1.25. The Morgan fingerprint density at radius 3 is 2.59 bits per heavy atom. The van der Waals surface area contributed by atoms with Gasteiger partial charge in [-0.3, -0.25) is 10.1 Å². The molecule has 0 heterocycles. The number of rotatable bonds is 6. The van der Waals surface area contributed by atoms with Crippen molar-refractivity contribution in [3.63, 3.8) is 0 Å². The molecule has 0 amide bonds. The minimum absolute atomic E-state index is 0.181. The second kappa shape index (κ2) is 6.78. The van der Waals surface area contributed by atoms with Crippen LogP contribution in [0.1, 0.15) is 26.7 Å². The minimum Gasteiger partial charge on any atom is -0.372 e. The van der Waals surface area contributed by atoms with E-state index in [-0.39, 0.29) is 10.6 Å². The van der Waals surface area contributed by atoms with E-state index in [0.29, 0.717) is 3.57 Å². The van der Waals surface area contributed by atoms with Gasteiger partial charge < -0.3 is 4.90 Å². The van der Waals surface area contributed by atoms with Gasteiger partial charge in [0.2, 0.25) is 0 Å². The van der Waals surface area contributed by atoms with Crippen molar-refractivity contribution in [2.75, 3.05) is 18.0 Å². The Hall–Kier alpha value is -0.850. The summed E-state index contributed by atoms with van der Waals surface area (Å²) in [6.07, 6.45) is 2.29. The normalized spacial score (nSPS) is 10.3. The first-order chi connectivity index (χ1) is 8.10. The highest BCUT2D eigenvalue weighted by Gasteiger charge is 2.13. The molecular weight excluding hydrogens is 331 g/mol. The summed E-state index contributed by atoms with van der Waals surface area (Å²) in [4.78, 5) is 12.6. The van der Waals surface area contributed by atoms with E-state index in [2.05, 4.69) is 18.7 Å². The van der Waals surface area contributed by atoms with Crippen LogP contribution in [0.5, 0.6) is 0 Å². The number of hydrogen-bond donors (Lipinski definition) is 0. The Kier molecular flexibility index (Phi) is 5.67. The fraction of sp³-hybridized carbons (Fsp3) is 0.500. The summed E-state index contributed by atoms with van der Waals surface area (Å²) in [5.74, 6) is 0. The Balaban J connectivity index is 2.90. The number of anilines is 1. The van der Waals surface area contributed by atoms with Gasteiger partial charge in [-0.25, -0.2) is 0 Å². The molecule has 5 heteroatoms. The van der Waals surface area contributed by atoms with Crippen LogP contribution in [-0.4, -0.2) is 18.0 Å². The van der Waals surface area contributed by atoms with E-state index in [0.717, 1.165) is 31.6 Å². The fourth-order valence-electron chi connectivity index (χ4n) is 1.66. The average Bonchev–Trinajstić information content (AvgIpc) is 2.29. The molecule has 0 aliphatic rings. The highest BCUT2D eigenvalue weighted by molar-refractivity contribution is 14.1. The highest BCUT2D eigenvalue weighted by atomic mass is 127. The van der Waals surface area contributed by atoms with E-state index in [9.17, 15) is 10.1 Å². The molecule has 17 heavy (non-hydrogen) atoms. The Bertz CT molecular complexity index is 396. The van der Waals surface area contributed by atoms with Crippen LogP contribution in [0.4, 0.5) is 11.4 Å². The first-order valence-electron chi connectivity index (χ1n) is 5.79. The van der Waals surface area contributed by atoms with E-state index < -0.39 is 0 Å². The van der Waals surface area contributed by atoms with Crippen molar-refractivity contribution in [2.24, 2.45) is 0 Å². The second-order valence-electron chi connectivity index (χ2n) is 3.83. The van der Waals surface area contributed by atoms with Crippen LogP contribution >= 0.6 is 22.6 Å². The molecule has 4 nitrogen and oxygen atoms in total. The van der Waals surface area contributed by atoms with Crippen molar-refractivity contribution >= 4 is 34.0 Å². The van der Waals surface area contributed by atoms with Gasteiger partial charge >= 0.3 is 0 Å². The smallest absolute Gasteiger partial charge is 0.282 e. The quantitative estimate of drug-likeness (QED) is 0.446. The molecule has 1 aromatic rings. The van der Waals surface area contributed by atoms with Crippen LogP contribution in [0.3, 0.4) is 0 Å². The Morgan fingerprint density at radius 1 is 1.41 bits per heavy atom. The van der Waals surface area contributed by atoms with Crippen molar-refractivity contribution in [3.05, 3.63) is 31.9 Å². The third-order valence-corrected chi connectivity index (χ3v) is 3.52. The van der Waals surface area contributed by atoms with Crippen molar-refractivity contribution in [1.82, 2.24) is 0 Å². The summed E-state index contributed by atoms with van der Waals surface area (Å²) in [7, 11) is 0. The van der Waals surface area contributed by atoms with Gasteiger partial charge in [0.1, 0.15) is 0 Å². The molecule has 0 aliphatic heterocycles. The maximum Gasteiger partial charge on any atom is 0.282 e. The predicted octanol–water partition coefficient (Wildman–Crippen LogP) is 3.83. The molecule has 0 unspecified atom stereocenters. The summed E-state index contributed by atoms with van der Waals surface area (Å²) < 4.78 is 0.694. The van der Waals surface area contributed by atoms with Crippen LogP contribution in [0.25, 0.3) is 0 Å². The third-order valence-electron chi connectivity index (χ3n) is 2.66. The van der Waals surface area contributed by atoms with Gasteiger partial charge in [-0.15, -0.1) is 0 Å². The summed E-state index contributed by atoms with van der Waals surface area (Å²) >= 11 is 2.02. The lowest BCUT2D eigenvalue weighted by atomic mass is 10.2. The number of nitro benzene ring substituents is 1. The standard InChI is InChI=1S/C12H17IN2O2/c1-3-5-8-14(4-2)10-6-7-12(15(16)17)11(13)9-10/h6-7,9H,3-5,8H2,1-2H3. The molecule has 0 radical (unpaired) electrons. The van der Waals surface area contributed by atoms with Crippen LogP contribution in [0.15, 0.2) is 18.2 Å². The Labute approximate surface area is 115 Å². The molecule has 0 saturated heterocycles. The molecule has 0 spiro atoms. The van der Waals surface area contributed by atoms with Gasteiger partial charge in [-0.05, 0) is 48.1 Å². The van der Waals surface area contributed by atoms with Crippen molar-refractivity contribution in [3.8, 4) is 0 Å². The average molecular weight is 348 g/mol. The van der Waals surface area contributed by atoms with E-state index in [4.69, 9.17) is 0 Å². The lowest BCUT2D eigenvalue weighted by Crippen LogP contribution is -2.23. The molecular formula is C12H17IN2O2. The number of unbranched alkanes of at least 4 members (excludes halogenated alkanes) is 1. The number of nitrogens with zero attached hydrogens (tertiary/aromatic N) is 2. The summed E-state index contributed by atoms with van der Waals surface area (Å²) in [5, 5.41) is 10.7. The van der Waals surface area contributed by atoms with Gasteiger partial charge in [0, 0.05) is 24.8 Å². The summed E-state index contributed by atoms with van der Waals surface area (Å²) in [6, 6.07) is 5.31. The maximum atomic E-state index is 10.7. The van der Waals surface area contributed by atoms with Gasteiger partial charge in [0.25, 0.3) is 5.69 Å². The van der Waals surface area contributed by atoms with Crippen molar-refractivity contribution in [2.45, 2.75) is 26.7 Å². The predicted molar refractivity (Wildman–Crippen MR) is 78.6 cm³/mol. The molecule has 0 aliphatic carbocycles. The molecule has 0 saturated carbocycles.